The van der Waals surface area contributed by atoms with Crippen molar-refractivity contribution in [3.05, 3.63) is 29.3 Å². The molecule has 2 rings (SSSR count). The molecular weight excluding hydrogens is 260 g/mol. The van der Waals surface area contributed by atoms with Crippen LogP contribution in [0.3, 0.4) is 0 Å². The van der Waals surface area contributed by atoms with Crippen molar-refractivity contribution in [3.8, 4) is 0 Å². The topological polar surface area (TPSA) is 63.4 Å². The van der Waals surface area contributed by atoms with Gasteiger partial charge in [0.05, 0.1) is 4.90 Å². The summed E-state index contributed by atoms with van der Waals surface area (Å²) in [5.41, 5.74) is 7.61. The van der Waals surface area contributed by atoms with Crippen LogP contribution in [0.2, 0.25) is 0 Å². The molecule has 19 heavy (non-hydrogen) atoms. The van der Waals surface area contributed by atoms with Crippen molar-refractivity contribution in [1.82, 2.24) is 4.31 Å². The maximum Gasteiger partial charge on any atom is 0.243 e. The Morgan fingerprint density at radius 2 is 2.05 bits per heavy atom. The van der Waals surface area contributed by atoms with Crippen LogP contribution in [0.4, 0.5) is 0 Å². The molecule has 2 N–H and O–H groups in total. The van der Waals surface area contributed by atoms with Crippen molar-refractivity contribution >= 4 is 10.0 Å². The number of nitrogens with two attached hydrogens (primary N) is 1. The SMILES string of the molecule is Cc1ccc(S(=O)(=O)N2CCCC[C@H]2CN)c(C)c1. The fraction of sp³-hybridized carbons (Fsp3) is 0.571. The zero-order valence-corrected chi connectivity index (χ0v) is 12.4. The molecule has 4 nitrogen and oxygen atoms in total. The van der Waals surface area contributed by atoms with E-state index in [4.69, 9.17) is 5.73 Å². The number of hydrogen-bond acceptors (Lipinski definition) is 3. The van der Waals surface area contributed by atoms with Crippen LogP contribution in [0.15, 0.2) is 23.1 Å². The molecule has 0 amide bonds. The van der Waals surface area contributed by atoms with E-state index in [1.54, 1.807) is 10.4 Å². The van der Waals surface area contributed by atoms with Gasteiger partial charge in [0, 0.05) is 19.1 Å². The van der Waals surface area contributed by atoms with E-state index in [-0.39, 0.29) is 6.04 Å². The second kappa shape index (κ2) is 5.61. The number of rotatable bonds is 3. The van der Waals surface area contributed by atoms with Crippen molar-refractivity contribution in [3.63, 3.8) is 0 Å². The van der Waals surface area contributed by atoms with E-state index < -0.39 is 10.0 Å². The summed E-state index contributed by atoms with van der Waals surface area (Å²) in [6.07, 6.45) is 2.84. The highest BCUT2D eigenvalue weighted by atomic mass is 32.2. The van der Waals surface area contributed by atoms with Crippen molar-refractivity contribution in [2.45, 2.75) is 44.0 Å². The third kappa shape index (κ3) is 2.83. The molecule has 1 fully saturated rings. The van der Waals surface area contributed by atoms with Crippen molar-refractivity contribution in [1.29, 1.82) is 0 Å². The summed E-state index contributed by atoms with van der Waals surface area (Å²) in [4.78, 5) is 0.415. The van der Waals surface area contributed by atoms with Crippen LogP contribution in [0.5, 0.6) is 0 Å². The maximum absolute atomic E-state index is 12.8. The lowest BCUT2D eigenvalue weighted by molar-refractivity contribution is 0.257. The van der Waals surface area contributed by atoms with Gasteiger partial charge in [0.25, 0.3) is 0 Å². The molecule has 106 valence electrons. The monoisotopic (exact) mass is 282 g/mol. The van der Waals surface area contributed by atoms with Crippen molar-refractivity contribution < 1.29 is 8.42 Å². The molecule has 5 heteroatoms. The van der Waals surface area contributed by atoms with Crippen LogP contribution in [0, 0.1) is 13.8 Å². The Bertz CT molecular complexity index is 555. The minimum Gasteiger partial charge on any atom is -0.329 e. The first-order valence-electron chi connectivity index (χ1n) is 6.76. The standard InChI is InChI=1S/C14H22N2O2S/c1-11-6-7-14(12(2)9-11)19(17,18)16-8-4-3-5-13(16)10-15/h6-7,9,13H,3-5,8,10,15H2,1-2H3/t13-/m0/s1. The lowest BCUT2D eigenvalue weighted by Crippen LogP contribution is -2.47. The van der Waals surface area contributed by atoms with Crippen molar-refractivity contribution in [2.75, 3.05) is 13.1 Å². The van der Waals surface area contributed by atoms with Gasteiger partial charge in [-0.2, -0.15) is 4.31 Å². The third-order valence-corrected chi connectivity index (χ3v) is 5.87. The van der Waals surface area contributed by atoms with Gasteiger partial charge >= 0.3 is 0 Å². The van der Waals surface area contributed by atoms with E-state index >= 15 is 0 Å². The molecule has 0 radical (unpaired) electrons. The first kappa shape index (κ1) is 14.5. The number of hydrogen-bond donors (Lipinski definition) is 1. The Balaban J connectivity index is 2.40. The molecule has 1 atom stereocenters. The quantitative estimate of drug-likeness (QED) is 0.919. The van der Waals surface area contributed by atoms with Gasteiger partial charge < -0.3 is 5.73 Å². The molecule has 1 aromatic carbocycles. The number of sulfonamides is 1. The molecule has 0 aromatic heterocycles. The van der Waals surface area contributed by atoms with Gasteiger partial charge in [-0.05, 0) is 38.3 Å². The lowest BCUT2D eigenvalue weighted by atomic mass is 10.1. The summed E-state index contributed by atoms with van der Waals surface area (Å²) in [7, 11) is -3.42. The predicted octanol–water partition coefficient (Wildman–Crippen LogP) is 1.81. The van der Waals surface area contributed by atoms with Crippen LogP contribution in [-0.2, 0) is 10.0 Å². The average molecular weight is 282 g/mol. The highest BCUT2D eigenvalue weighted by Gasteiger charge is 2.33. The second-order valence-corrected chi connectivity index (χ2v) is 7.13. The first-order valence-corrected chi connectivity index (χ1v) is 8.20. The Morgan fingerprint density at radius 1 is 1.32 bits per heavy atom. The summed E-state index contributed by atoms with van der Waals surface area (Å²) < 4.78 is 27.1. The molecular formula is C14H22N2O2S. The minimum atomic E-state index is -3.42. The molecule has 1 aromatic rings. The van der Waals surface area contributed by atoms with Crippen LogP contribution < -0.4 is 5.73 Å². The van der Waals surface area contributed by atoms with Gasteiger partial charge in [-0.1, -0.05) is 24.1 Å². The van der Waals surface area contributed by atoms with Gasteiger partial charge in [-0.3, -0.25) is 0 Å². The summed E-state index contributed by atoms with van der Waals surface area (Å²) in [6.45, 7) is 4.79. The summed E-state index contributed by atoms with van der Waals surface area (Å²) >= 11 is 0. The zero-order chi connectivity index (χ0) is 14.0. The molecule has 0 saturated carbocycles. The molecule has 0 spiro atoms. The molecule has 1 saturated heterocycles. The Morgan fingerprint density at radius 3 is 2.68 bits per heavy atom. The largest absolute Gasteiger partial charge is 0.329 e. The highest BCUT2D eigenvalue weighted by molar-refractivity contribution is 7.89. The highest BCUT2D eigenvalue weighted by Crippen LogP contribution is 2.27. The van der Waals surface area contributed by atoms with Gasteiger partial charge in [0.1, 0.15) is 0 Å². The van der Waals surface area contributed by atoms with E-state index in [1.807, 2.05) is 26.0 Å². The molecule has 0 bridgehead atoms. The fourth-order valence-corrected chi connectivity index (χ4v) is 4.65. The number of aryl methyl sites for hydroxylation is 2. The Kier molecular flexibility index (Phi) is 4.28. The predicted molar refractivity (Wildman–Crippen MR) is 76.5 cm³/mol. The maximum atomic E-state index is 12.8. The fourth-order valence-electron chi connectivity index (χ4n) is 2.74. The van der Waals surface area contributed by atoms with Crippen molar-refractivity contribution in [2.24, 2.45) is 5.73 Å². The molecule has 1 heterocycles. The number of piperidine rings is 1. The Labute approximate surface area is 115 Å². The van der Waals surface area contributed by atoms with E-state index in [1.165, 1.54) is 0 Å². The van der Waals surface area contributed by atoms with Crippen LogP contribution in [0.1, 0.15) is 30.4 Å². The van der Waals surface area contributed by atoms with E-state index in [0.717, 1.165) is 30.4 Å². The summed E-state index contributed by atoms with van der Waals surface area (Å²) in [5, 5.41) is 0. The molecule has 1 aliphatic heterocycles. The van der Waals surface area contributed by atoms with Gasteiger partial charge in [0.2, 0.25) is 10.0 Å². The normalized spacial score (nSPS) is 21.5. The molecule has 1 aliphatic rings. The van der Waals surface area contributed by atoms with Gasteiger partial charge in [-0.25, -0.2) is 8.42 Å². The minimum absolute atomic E-state index is 0.0561. The summed E-state index contributed by atoms with van der Waals surface area (Å²) in [5.74, 6) is 0. The second-order valence-electron chi connectivity index (χ2n) is 5.27. The van der Waals surface area contributed by atoms with E-state index in [9.17, 15) is 8.42 Å². The molecule has 0 aliphatic carbocycles. The smallest absolute Gasteiger partial charge is 0.243 e. The van der Waals surface area contributed by atoms with Gasteiger partial charge in [-0.15, -0.1) is 0 Å². The van der Waals surface area contributed by atoms with E-state index in [0.29, 0.717) is 18.0 Å². The Hall–Kier alpha value is -0.910. The zero-order valence-electron chi connectivity index (χ0n) is 11.6. The third-order valence-electron chi connectivity index (χ3n) is 3.76. The number of benzene rings is 1. The number of nitrogens with zero attached hydrogens (tertiary/aromatic N) is 1. The first-order chi connectivity index (χ1) is 8.96. The summed E-state index contributed by atoms with van der Waals surface area (Å²) in [6, 6.07) is 5.41. The molecule has 0 unspecified atom stereocenters. The van der Waals surface area contributed by atoms with Crippen LogP contribution >= 0.6 is 0 Å². The van der Waals surface area contributed by atoms with Gasteiger partial charge in [0.15, 0.2) is 0 Å². The van der Waals surface area contributed by atoms with Crippen LogP contribution in [-0.4, -0.2) is 31.9 Å². The van der Waals surface area contributed by atoms with E-state index in [2.05, 4.69) is 0 Å². The average Bonchev–Trinajstić information content (AvgIpc) is 2.38. The lowest BCUT2D eigenvalue weighted by Gasteiger charge is -2.34. The van der Waals surface area contributed by atoms with Crippen LogP contribution in [0.25, 0.3) is 0 Å².